The number of rotatable bonds is 5. The highest BCUT2D eigenvalue weighted by atomic mass is 35.5. The van der Waals surface area contributed by atoms with E-state index in [4.69, 9.17) is 20.8 Å². The lowest BCUT2D eigenvalue weighted by Gasteiger charge is -2.07. The van der Waals surface area contributed by atoms with Crippen molar-refractivity contribution in [3.63, 3.8) is 0 Å². The third-order valence-electron chi connectivity index (χ3n) is 5.64. The highest BCUT2D eigenvalue weighted by molar-refractivity contribution is 6.31. The smallest absolute Gasteiger partial charge is 0.291 e. The van der Waals surface area contributed by atoms with E-state index in [-0.39, 0.29) is 11.7 Å². The van der Waals surface area contributed by atoms with Crippen molar-refractivity contribution in [2.75, 3.05) is 12.4 Å². The standard InChI is InChI=1S/C26H21ClN4O3/c1-15-13-22-23(30-31(29-22)17-7-9-18(33-3)10-8-17)14-21(15)28-26(32)25-12-11-24(34-25)19-5-4-6-20(27)16(19)2/h4-14H,1-3H3,(H,28,32). The minimum Gasteiger partial charge on any atom is -0.497 e. The number of anilines is 1. The van der Waals surface area contributed by atoms with Gasteiger partial charge in [0.1, 0.15) is 22.5 Å². The second-order valence-electron chi connectivity index (χ2n) is 7.87. The summed E-state index contributed by atoms with van der Waals surface area (Å²) in [4.78, 5) is 14.5. The molecule has 2 aromatic heterocycles. The van der Waals surface area contributed by atoms with E-state index in [2.05, 4.69) is 15.5 Å². The number of methoxy groups -OCH3 is 1. The number of nitrogens with zero attached hydrogens (tertiary/aromatic N) is 3. The number of aryl methyl sites for hydroxylation is 1. The normalized spacial score (nSPS) is 11.1. The van der Waals surface area contributed by atoms with Crippen molar-refractivity contribution in [2.24, 2.45) is 0 Å². The van der Waals surface area contributed by atoms with Crippen LogP contribution in [0.5, 0.6) is 5.75 Å². The van der Waals surface area contributed by atoms with Crippen LogP contribution in [0.15, 0.2) is 71.1 Å². The molecule has 1 N–H and O–H groups in total. The minimum absolute atomic E-state index is 0.204. The zero-order valence-electron chi connectivity index (χ0n) is 18.8. The zero-order valence-corrected chi connectivity index (χ0v) is 19.6. The van der Waals surface area contributed by atoms with Crippen molar-refractivity contribution in [1.82, 2.24) is 15.0 Å². The molecule has 3 aromatic carbocycles. The highest BCUT2D eigenvalue weighted by Crippen LogP contribution is 2.30. The number of hydrogen-bond donors (Lipinski definition) is 1. The molecule has 0 unspecified atom stereocenters. The molecule has 0 bridgehead atoms. The van der Waals surface area contributed by atoms with Crippen LogP contribution in [0.2, 0.25) is 5.02 Å². The molecule has 5 aromatic rings. The van der Waals surface area contributed by atoms with Gasteiger partial charge in [0, 0.05) is 16.3 Å². The number of furan rings is 1. The summed E-state index contributed by atoms with van der Waals surface area (Å²) in [6, 6.07) is 20.2. The van der Waals surface area contributed by atoms with E-state index in [0.717, 1.165) is 33.6 Å². The van der Waals surface area contributed by atoms with Crippen LogP contribution in [-0.4, -0.2) is 28.0 Å². The van der Waals surface area contributed by atoms with Crippen molar-refractivity contribution in [3.8, 4) is 22.8 Å². The molecule has 170 valence electrons. The summed E-state index contributed by atoms with van der Waals surface area (Å²) < 4.78 is 11.0. The Bertz CT molecular complexity index is 1520. The fraction of sp³-hybridized carbons (Fsp3) is 0.115. The molecule has 0 aliphatic rings. The number of carbonyl (C=O) groups is 1. The first-order chi connectivity index (χ1) is 16.4. The molecule has 0 saturated heterocycles. The second kappa shape index (κ2) is 8.68. The van der Waals surface area contributed by atoms with Crippen molar-refractivity contribution in [3.05, 3.63) is 88.6 Å². The van der Waals surface area contributed by atoms with E-state index in [0.29, 0.717) is 22.0 Å². The number of nitrogens with one attached hydrogen (secondary N) is 1. The molecule has 0 atom stereocenters. The van der Waals surface area contributed by atoms with Gasteiger partial charge < -0.3 is 14.5 Å². The number of fused-ring (bicyclic) bond motifs is 1. The predicted molar refractivity (Wildman–Crippen MR) is 132 cm³/mol. The summed E-state index contributed by atoms with van der Waals surface area (Å²) in [5.41, 5.74) is 5.43. The Labute approximate surface area is 200 Å². The van der Waals surface area contributed by atoms with Crippen LogP contribution in [0, 0.1) is 13.8 Å². The number of hydrogen-bond acceptors (Lipinski definition) is 5. The summed E-state index contributed by atoms with van der Waals surface area (Å²) in [5.74, 6) is 1.19. The maximum Gasteiger partial charge on any atom is 0.291 e. The molecule has 34 heavy (non-hydrogen) atoms. The Morgan fingerprint density at radius 2 is 1.74 bits per heavy atom. The first-order valence-corrected chi connectivity index (χ1v) is 11.0. The van der Waals surface area contributed by atoms with Gasteiger partial charge in [-0.1, -0.05) is 23.7 Å². The lowest BCUT2D eigenvalue weighted by atomic mass is 10.1. The topological polar surface area (TPSA) is 82.2 Å². The maximum atomic E-state index is 12.9. The third kappa shape index (κ3) is 4.02. The van der Waals surface area contributed by atoms with Gasteiger partial charge in [-0.25, -0.2) is 0 Å². The van der Waals surface area contributed by atoms with Crippen molar-refractivity contribution >= 4 is 34.2 Å². The molecule has 8 heteroatoms. The summed E-state index contributed by atoms with van der Waals surface area (Å²) in [6.07, 6.45) is 0. The number of ether oxygens (including phenoxy) is 1. The molecule has 1 amide bonds. The largest absolute Gasteiger partial charge is 0.497 e. The summed E-state index contributed by atoms with van der Waals surface area (Å²) in [7, 11) is 1.62. The van der Waals surface area contributed by atoms with Gasteiger partial charge in [0.15, 0.2) is 5.76 Å². The van der Waals surface area contributed by atoms with E-state index in [1.165, 1.54) is 0 Å². The lowest BCUT2D eigenvalue weighted by Crippen LogP contribution is -2.11. The minimum atomic E-state index is -0.351. The molecule has 5 rings (SSSR count). The van der Waals surface area contributed by atoms with Crippen LogP contribution < -0.4 is 10.1 Å². The van der Waals surface area contributed by atoms with Crippen molar-refractivity contribution in [1.29, 1.82) is 0 Å². The average Bonchev–Trinajstić information content (AvgIpc) is 3.48. The molecule has 7 nitrogen and oxygen atoms in total. The second-order valence-corrected chi connectivity index (χ2v) is 8.28. The number of halogens is 1. The molecule has 0 spiro atoms. The zero-order chi connectivity index (χ0) is 23.8. The number of carbonyl (C=O) groups excluding carboxylic acids is 1. The summed E-state index contributed by atoms with van der Waals surface area (Å²) in [5, 5.41) is 12.7. The van der Waals surface area contributed by atoms with Crippen LogP contribution in [0.3, 0.4) is 0 Å². The molecular weight excluding hydrogens is 452 g/mol. The first kappa shape index (κ1) is 21.7. The van der Waals surface area contributed by atoms with Crippen molar-refractivity contribution in [2.45, 2.75) is 13.8 Å². The van der Waals surface area contributed by atoms with E-state index < -0.39 is 0 Å². The fourth-order valence-corrected chi connectivity index (χ4v) is 3.87. The predicted octanol–water partition coefficient (Wildman–Crippen LogP) is 6.21. The molecule has 2 heterocycles. The van der Waals surface area contributed by atoms with Crippen LogP contribution in [0.1, 0.15) is 21.7 Å². The summed E-state index contributed by atoms with van der Waals surface area (Å²) >= 11 is 6.22. The fourth-order valence-electron chi connectivity index (χ4n) is 3.70. The Kier molecular flexibility index (Phi) is 5.55. The monoisotopic (exact) mass is 472 g/mol. The molecular formula is C26H21ClN4O3. The molecule has 0 radical (unpaired) electrons. The molecule has 0 fully saturated rings. The van der Waals surface area contributed by atoms with E-state index >= 15 is 0 Å². The Hall–Kier alpha value is -4.10. The van der Waals surface area contributed by atoms with Gasteiger partial charge in [-0.15, -0.1) is 10.2 Å². The van der Waals surface area contributed by atoms with E-state index in [1.807, 2.05) is 62.4 Å². The number of amides is 1. The van der Waals surface area contributed by atoms with Crippen LogP contribution in [0.25, 0.3) is 28.0 Å². The summed E-state index contributed by atoms with van der Waals surface area (Å²) in [6.45, 7) is 3.82. The van der Waals surface area contributed by atoms with Crippen LogP contribution in [-0.2, 0) is 0 Å². The Balaban J connectivity index is 1.40. The van der Waals surface area contributed by atoms with Crippen LogP contribution >= 0.6 is 11.6 Å². The lowest BCUT2D eigenvalue weighted by molar-refractivity contribution is 0.0997. The first-order valence-electron chi connectivity index (χ1n) is 10.6. The number of benzene rings is 3. The molecule has 0 aliphatic carbocycles. The molecule has 0 aliphatic heterocycles. The average molecular weight is 473 g/mol. The van der Waals surface area contributed by atoms with E-state index in [1.54, 1.807) is 30.1 Å². The molecule has 0 saturated carbocycles. The van der Waals surface area contributed by atoms with Crippen LogP contribution in [0.4, 0.5) is 5.69 Å². The Morgan fingerprint density at radius 1 is 1.00 bits per heavy atom. The highest BCUT2D eigenvalue weighted by Gasteiger charge is 2.16. The van der Waals surface area contributed by atoms with Gasteiger partial charge in [0.25, 0.3) is 5.91 Å². The van der Waals surface area contributed by atoms with Crippen molar-refractivity contribution < 1.29 is 13.9 Å². The van der Waals surface area contributed by atoms with Gasteiger partial charge in [0.05, 0.1) is 12.8 Å². The van der Waals surface area contributed by atoms with E-state index in [9.17, 15) is 4.79 Å². The van der Waals surface area contributed by atoms with Gasteiger partial charge in [0.2, 0.25) is 0 Å². The van der Waals surface area contributed by atoms with Gasteiger partial charge in [-0.05, 0) is 79.6 Å². The van der Waals surface area contributed by atoms with Gasteiger partial charge in [-0.2, -0.15) is 4.80 Å². The van der Waals surface area contributed by atoms with Gasteiger partial charge in [-0.3, -0.25) is 4.79 Å². The Morgan fingerprint density at radius 3 is 2.47 bits per heavy atom. The van der Waals surface area contributed by atoms with Gasteiger partial charge >= 0.3 is 0 Å². The SMILES string of the molecule is COc1ccc(-n2nc3cc(C)c(NC(=O)c4ccc(-c5cccc(Cl)c5C)o4)cc3n2)cc1. The number of aromatic nitrogens is 3. The maximum absolute atomic E-state index is 12.9. The third-order valence-corrected chi connectivity index (χ3v) is 6.05. The quantitative estimate of drug-likeness (QED) is 0.328.